The first kappa shape index (κ1) is 16.2. The van der Waals surface area contributed by atoms with Gasteiger partial charge in [0.25, 0.3) is 5.91 Å². The molecule has 1 rings (SSSR count). The third-order valence-electron chi connectivity index (χ3n) is 2.26. The molecule has 1 aromatic rings. The summed E-state index contributed by atoms with van der Waals surface area (Å²) in [6, 6.07) is 0. The molecule has 8 heteroatoms. The molecule has 19 heavy (non-hydrogen) atoms. The minimum absolute atomic E-state index is 0.236. The number of carbonyl (C=O) groups is 2. The van der Waals surface area contributed by atoms with Gasteiger partial charge in [-0.05, 0) is 6.42 Å². The topological polar surface area (TPSA) is 59.5 Å². The van der Waals surface area contributed by atoms with E-state index in [0.29, 0.717) is 11.6 Å². The molecule has 0 spiro atoms. The maximum Gasteiger partial charge on any atom is 0.357 e. The van der Waals surface area contributed by atoms with E-state index >= 15 is 0 Å². The zero-order valence-corrected chi connectivity index (χ0v) is 12.9. The lowest BCUT2D eigenvalue weighted by atomic mass is 10.4. The van der Waals surface area contributed by atoms with E-state index in [0.717, 1.165) is 6.42 Å². The number of ether oxygens (including phenoxy) is 1. The van der Waals surface area contributed by atoms with Gasteiger partial charge in [0.1, 0.15) is 5.01 Å². The van der Waals surface area contributed by atoms with Gasteiger partial charge in [0.15, 0.2) is 10.5 Å². The Kier molecular flexibility index (Phi) is 6.54. The fourth-order valence-corrected chi connectivity index (χ4v) is 2.47. The van der Waals surface area contributed by atoms with Crippen molar-refractivity contribution in [2.75, 3.05) is 13.7 Å². The number of methoxy groups -OCH3 is 1. The van der Waals surface area contributed by atoms with Crippen LogP contribution in [0.4, 0.5) is 0 Å². The molecule has 0 unspecified atom stereocenters. The molecule has 0 aliphatic rings. The van der Waals surface area contributed by atoms with Gasteiger partial charge >= 0.3 is 5.97 Å². The van der Waals surface area contributed by atoms with E-state index in [2.05, 4.69) is 9.72 Å². The Hall–Kier alpha value is -0.850. The monoisotopic (exact) mass is 324 g/mol. The Morgan fingerprint density at radius 2 is 2.21 bits per heavy atom. The van der Waals surface area contributed by atoms with Crippen molar-refractivity contribution in [2.24, 2.45) is 0 Å². The summed E-state index contributed by atoms with van der Waals surface area (Å²) in [7, 11) is 1.29. The number of carbonyl (C=O) groups excluding carboxylic acids is 2. The lowest BCUT2D eigenvalue weighted by molar-refractivity contribution is -0.130. The normalized spacial score (nSPS) is 10.6. The van der Waals surface area contributed by atoms with Crippen molar-refractivity contribution in [2.45, 2.75) is 24.7 Å². The quantitative estimate of drug-likeness (QED) is 0.595. The highest BCUT2D eigenvalue weighted by Crippen LogP contribution is 2.16. The van der Waals surface area contributed by atoms with Crippen molar-refractivity contribution >= 4 is 46.4 Å². The molecular weight excluding hydrogens is 311 g/mol. The molecule has 0 aliphatic heterocycles. The summed E-state index contributed by atoms with van der Waals surface area (Å²) in [5.74, 6) is -0.858. The molecule has 0 aliphatic carbocycles. The predicted molar refractivity (Wildman–Crippen MR) is 74.7 cm³/mol. The molecular formula is C11H14Cl2N2O3S. The predicted octanol–water partition coefficient (Wildman–Crippen LogP) is 2.47. The van der Waals surface area contributed by atoms with Crippen LogP contribution in [0.15, 0.2) is 5.38 Å². The van der Waals surface area contributed by atoms with Crippen LogP contribution in [0, 0.1) is 0 Å². The first-order valence-corrected chi connectivity index (χ1v) is 7.34. The number of halogens is 2. The van der Waals surface area contributed by atoms with Gasteiger partial charge in [-0.25, -0.2) is 9.78 Å². The Balaban J connectivity index is 2.76. The molecule has 0 saturated carbocycles. The van der Waals surface area contributed by atoms with Gasteiger partial charge in [-0.15, -0.1) is 11.3 Å². The number of amides is 1. The van der Waals surface area contributed by atoms with E-state index in [9.17, 15) is 9.59 Å². The summed E-state index contributed by atoms with van der Waals surface area (Å²) in [5.41, 5.74) is 0.236. The average Bonchev–Trinajstić information content (AvgIpc) is 2.84. The van der Waals surface area contributed by atoms with E-state index in [4.69, 9.17) is 23.2 Å². The van der Waals surface area contributed by atoms with Gasteiger partial charge in [-0.1, -0.05) is 30.1 Å². The van der Waals surface area contributed by atoms with Crippen LogP contribution in [0.5, 0.6) is 0 Å². The van der Waals surface area contributed by atoms with E-state index in [1.165, 1.54) is 23.3 Å². The van der Waals surface area contributed by atoms with Crippen molar-refractivity contribution in [1.82, 2.24) is 9.88 Å². The van der Waals surface area contributed by atoms with Gasteiger partial charge < -0.3 is 9.64 Å². The highest BCUT2D eigenvalue weighted by Gasteiger charge is 2.21. The number of alkyl halides is 2. The minimum Gasteiger partial charge on any atom is -0.464 e. The molecule has 0 bridgehead atoms. The Morgan fingerprint density at radius 1 is 1.53 bits per heavy atom. The van der Waals surface area contributed by atoms with Crippen molar-refractivity contribution in [1.29, 1.82) is 0 Å². The molecule has 0 radical (unpaired) electrons. The molecule has 0 N–H and O–H groups in total. The van der Waals surface area contributed by atoms with Crippen molar-refractivity contribution in [3.8, 4) is 0 Å². The summed E-state index contributed by atoms with van der Waals surface area (Å²) in [6.45, 7) is 2.76. The molecule has 0 fully saturated rings. The fourth-order valence-electron chi connectivity index (χ4n) is 1.42. The zero-order chi connectivity index (χ0) is 14.4. The smallest absolute Gasteiger partial charge is 0.357 e. The number of rotatable bonds is 6. The van der Waals surface area contributed by atoms with Crippen LogP contribution in [0.3, 0.4) is 0 Å². The Bertz CT molecular complexity index is 451. The number of hydrogen-bond acceptors (Lipinski definition) is 5. The fraction of sp³-hybridized carbons (Fsp3) is 0.545. The molecule has 5 nitrogen and oxygen atoms in total. The minimum atomic E-state index is -1.09. The molecule has 1 aromatic heterocycles. The summed E-state index contributed by atoms with van der Waals surface area (Å²) in [6.07, 6.45) is 0.779. The number of aromatic nitrogens is 1. The zero-order valence-electron chi connectivity index (χ0n) is 10.6. The number of thiazole rings is 1. The molecule has 1 heterocycles. The number of esters is 1. The highest BCUT2D eigenvalue weighted by molar-refractivity contribution is 7.09. The third kappa shape index (κ3) is 4.63. The van der Waals surface area contributed by atoms with Crippen LogP contribution in [0.25, 0.3) is 0 Å². The second-order valence-corrected chi connectivity index (χ2v) is 5.72. The van der Waals surface area contributed by atoms with Crippen LogP contribution in [0.1, 0.15) is 28.8 Å². The SMILES string of the molecule is CCCN(Cc1nc(C(=O)OC)cs1)C(=O)C(Cl)Cl. The van der Waals surface area contributed by atoms with Crippen molar-refractivity contribution < 1.29 is 14.3 Å². The maximum absolute atomic E-state index is 11.8. The molecule has 0 saturated heterocycles. The van der Waals surface area contributed by atoms with Gasteiger partial charge in [0.2, 0.25) is 0 Å². The van der Waals surface area contributed by atoms with Crippen LogP contribution in [0.2, 0.25) is 0 Å². The van der Waals surface area contributed by atoms with Crippen LogP contribution >= 0.6 is 34.5 Å². The lowest BCUT2D eigenvalue weighted by Crippen LogP contribution is -2.35. The van der Waals surface area contributed by atoms with Gasteiger partial charge in [-0.3, -0.25) is 4.79 Å². The van der Waals surface area contributed by atoms with Crippen LogP contribution < -0.4 is 0 Å². The maximum atomic E-state index is 11.8. The number of nitrogens with zero attached hydrogens (tertiary/aromatic N) is 2. The van der Waals surface area contributed by atoms with Crippen molar-refractivity contribution in [3.63, 3.8) is 0 Å². The van der Waals surface area contributed by atoms with E-state index in [-0.39, 0.29) is 18.1 Å². The van der Waals surface area contributed by atoms with Crippen molar-refractivity contribution in [3.05, 3.63) is 16.1 Å². The Labute approximate surface area is 125 Å². The van der Waals surface area contributed by atoms with Crippen LogP contribution in [-0.4, -0.2) is 40.3 Å². The first-order chi connectivity index (χ1) is 8.99. The summed E-state index contributed by atoms with van der Waals surface area (Å²) < 4.78 is 4.57. The lowest BCUT2D eigenvalue weighted by Gasteiger charge is -2.21. The van der Waals surface area contributed by atoms with Crippen LogP contribution in [-0.2, 0) is 16.1 Å². The van der Waals surface area contributed by atoms with E-state index < -0.39 is 10.8 Å². The highest BCUT2D eigenvalue weighted by atomic mass is 35.5. The molecule has 0 aromatic carbocycles. The summed E-state index contributed by atoms with van der Waals surface area (Å²) >= 11 is 12.5. The largest absolute Gasteiger partial charge is 0.464 e. The standard InChI is InChI=1S/C11H14Cl2N2O3S/c1-3-4-15(10(16)9(12)13)5-8-14-7(6-19-8)11(17)18-2/h6,9H,3-5H2,1-2H3. The van der Waals surface area contributed by atoms with E-state index in [1.54, 1.807) is 5.38 Å². The molecule has 0 atom stereocenters. The summed E-state index contributed by atoms with van der Waals surface area (Å²) in [5, 5.41) is 2.23. The Morgan fingerprint density at radius 3 is 2.74 bits per heavy atom. The third-order valence-corrected chi connectivity index (χ3v) is 3.47. The average molecular weight is 325 g/mol. The second kappa shape index (κ2) is 7.67. The van der Waals surface area contributed by atoms with E-state index in [1.807, 2.05) is 6.92 Å². The first-order valence-electron chi connectivity index (χ1n) is 5.59. The molecule has 1 amide bonds. The summed E-state index contributed by atoms with van der Waals surface area (Å²) in [4.78, 5) is 27.6. The van der Waals surface area contributed by atoms with Gasteiger partial charge in [0, 0.05) is 11.9 Å². The second-order valence-electron chi connectivity index (χ2n) is 3.68. The molecule has 106 valence electrons. The number of hydrogen-bond donors (Lipinski definition) is 0. The van der Waals surface area contributed by atoms with Gasteiger partial charge in [0.05, 0.1) is 13.7 Å². The van der Waals surface area contributed by atoms with Gasteiger partial charge in [-0.2, -0.15) is 0 Å².